The van der Waals surface area contributed by atoms with Crippen molar-refractivity contribution in [2.45, 2.75) is 12.8 Å². The van der Waals surface area contributed by atoms with Gasteiger partial charge in [0, 0.05) is 25.7 Å². The van der Waals surface area contributed by atoms with Gasteiger partial charge in [0.25, 0.3) is 5.69 Å². The predicted molar refractivity (Wildman–Crippen MR) is 84.6 cm³/mol. The van der Waals surface area contributed by atoms with Crippen LogP contribution in [0.15, 0.2) is 12.1 Å². The molecule has 1 aliphatic rings. The third-order valence-corrected chi connectivity index (χ3v) is 4.44. The van der Waals surface area contributed by atoms with Crippen LogP contribution in [0.3, 0.4) is 0 Å². The number of hydrogen-bond donors (Lipinski definition) is 1. The number of rotatable bonds is 4. The minimum Gasteiger partial charge on any atom is -0.369 e. The number of nitrogens with one attached hydrogen (secondary N) is 1. The Labute approximate surface area is 130 Å². The molecule has 0 aromatic heterocycles. The van der Waals surface area contributed by atoms with E-state index in [1.54, 1.807) is 34.5 Å². The fraction of sp³-hybridized carbons (Fsp3) is 0.538. The van der Waals surface area contributed by atoms with E-state index in [0.717, 1.165) is 25.9 Å². The van der Waals surface area contributed by atoms with E-state index < -0.39 is 10.7 Å². The van der Waals surface area contributed by atoms with Gasteiger partial charge in [-0.2, -0.15) is 0 Å². The highest BCUT2D eigenvalue weighted by Crippen LogP contribution is 2.32. The monoisotopic (exact) mass is 393 g/mol. The Kier molecular flexibility index (Phi) is 5.14. The van der Waals surface area contributed by atoms with Gasteiger partial charge in [-0.1, -0.05) is 0 Å². The fourth-order valence-corrected chi connectivity index (χ4v) is 2.98. The van der Waals surface area contributed by atoms with Gasteiger partial charge in [0.1, 0.15) is 11.5 Å². The van der Waals surface area contributed by atoms with Gasteiger partial charge < -0.3 is 10.2 Å². The first-order valence-corrected chi connectivity index (χ1v) is 7.62. The van der Waals surface area contributed by atoms with Crippen molar-refractivity contribution in [3.05, 3.63) is 31.6 Å². The molecule has 1 aliphatic heterocycles. The Bertz CT molecular complexity index is 507. The van der Waals surface area contributed by atoms with E-state index >= 15 is 0 Å². The number of piperidine rings is 1. The van der Waals surface area contributed by atoms with Crippen LogP contribution in [-0.2, 0) is 0 Å². The highest BCUT2D eigenvalue weighted by molar-refractivity contribution is 14.1. The van der Waals surface area contributed by atoms with Crippen molar-refractivity contribution < 1.29 is 9.31 Å². The predicted octanol–water partition coefficient (Wildman–Crippen LogP) is 2.77. The van der Waals surface area contributed by atoms with Crippen LogP contribution < -0.4 is 10.2 Å². The first-order valence-electron chi connectivity index (χ1n) is 6.54. The zero-order valence-corrected chi connectivity index (χ0v) is 13.4. The zero-order chi connectivity index (χ0) is 14.7. The normalized spacial score (nSPS) is 16.1. The number of nitro benzene ring substituents is 1. The van der Waals surface area contributed by atoms with Gasteiger partial charge in [-0.15, -0.1) is 0 Å². The lowest BCUT2D eigenvalue weighted by Gasteiger charge is -2.28. The van der Waals surface area contributed by atoms with Crippen LogP contribution in [0.25, 0.3) is 0 Å². The molecule has 1 N–H and O–H groups in total. The fourth-order valence-electron chi connectivity index (χ4n) is 2.53. The Hall–Kier alpha value is -0.960. The molecule has 1 saturated heterocycles. The molecule has 1 aromatic carbocycles. The highest BCUT2D eigenvalue weighted by Gasteiger charge is 2.23. The van der Waals surface area contributed by atoms with E-state index in [4.69, 9.17) is 0 Å². The van der Waals surface area contributed by atoms with Crippen molar-refractivity contribution in [1.29, 1.82) is 0 Å². The maximum Gasteiger partial charge on any atom is 0.293 e. The lowest BCUT2D eigenvalue weighted by Crippen LogP contribution is -2.34. The van der Waals surface area contributed by atoms with Crippen molar-refractivity contribution in [2.75, 3.05) is 31.6 Å². The maximum atomic E-state index is 13.7. The quantitative estimate of drug-likeness (QED) is 0.486. The molecule has 1 fully saturated rings. The standard InChI is InChI=1S/C13H17FIN3O2/c1-17(8-9-2-4-16-5-3-9)12-6-10(14)11(15)7-13(12)18(19)20/h6-7,9,16H,2-5,8H2,1H3. The zero-order valence-electron chi connectivity index (χ0n) is 11.2. The summed E-state index contributed by atoms with van der Waals surface area (Å²) in [6.07, 6.45) is 2.09. The number of hydrogen-bond acceptors (Lipinski definition) is 4. The van der Waals surface area contributed by atoms with Crippen molar-refractivity contribution in [2.24, 2.45) is 5.92 Å². The lowest BCUT2D eigenvalue weighted by molar-refractivity contribution is -0.384. The van der Waals surface area contributed by atoms with E-state index in [1.807, 2.05) is 0 Å². The summed E-state index contributed by atoms with van der Waals surface area (Å²) in [5.74, 6) is 0.0755. The third kappa shape index (κ3) is 3.57. The van der Waals surface area contributed by atoms with Crippen LogP contribution in [0.4, 0.5) is 15.8 Å². The summed E-state index contributed by atoms with van der Waals surface area (Å²) >= 11 is 1.77. The van der Waals surface area contributed by atoms with Gasteiger partial charge in [-0.3, -0.25) is 10.1 Å². The summed E-state index contributed by atoms with van der Waals surface area (Å²) in [5, 5.41) is 14.4. The van der Waals surface area contributed by atoms with E-state index in [-0.39, 0.29) is 9.26 Å². The Morgan fingerprint density at radius 1 is 1.50 bits per heavy atom. The molecule has 1 heterocycles. The molecule has 5 nitrogen and oxygen atoms in total. The average Bonchev–Trinajstić information content (AvgIpc) is 2.42. The second-order valence-corrected chi connectivity index (χ2v) is 6.25. The first kappa shape index (κ1) is 15.4. The molecular weight excluding hydrogens is 376 g/mol. The minimum absolute atomic E-state index is 0.0350. The maximum absolute atomic E-state index is 13.7. The topological polar surface area (TPSA) is 58.4 Å². The summed E-state index contributed by atoms with van der Waals surface area (Å²) < 4.78 is 14.0. The summed E-state index contributed by atoms with van der Waals surface area (Å²) in [5.41, 5.74) is 0.318. The van der Waals surface area contributed by atoms with Crippen molar-refractivity contribution in [3.63, 3.8) is 0 Å². The van der Waals surface area contributed by atoms with Gasteiger partial charge in [0.05, 0.1) is 8.49 Å². The van der Waals surface area contributed by atoms with Gasteiger partial charge in [-0.05, 0) is 54.4 Å². The molecule has 7 heteroatoms. The molecule has 2 rings (SSSR count). The summed E-state index contributed by atoms with van der Waals surface area (Å²) in [6, 6.07) is 2.56. The SMILES string of the molecule is CN(CC1CCNCC1)c1cc(F)c(I)cc1[N+](=O)[O-]. The molecule has 20 heavy (non-hydrogen) atoms. The Balaban J connectivity index is 2.21. The number of nitro groups is 1. The molecule has 0 aliphatic carbocycles. The molecule has 0 saturated carbocycles. The minimum atomic E-state index is -0.449. The van der Waals surface area contributed by atoms with Crippen molar-refractivity contribution in [1.82, 2.24) is 5.32 Å². The van der Waals surface area contributed by atoms with Gasteiger partial charge in [-0.25, -0.2) is 4.39 Å². The molecule has 0 spiro atoms. The largest absolute Gasteiger partial charge is 0.369 e. The smallest absolute Gasteiger partial charge is 0.293 e. The summed E-state index contributed by atoms with van der Waals surface area (Å²) in [4.78, 5) is 12.5. The second kappa shape index (κ2) is 6.66. The van der Waals surface area contributed by atoms with Gasteiger partial charge in [0.2, 0.25) is 0 Å². The number of benzene rings is 1. The number of halogens is 2. The summed E-state index contributed by atoms with van der Waals surface area (Å²) in [7, 11) is 1.79. The molecule has 0 atom stereocenters. The molecule has 0 radical (unpaired) electrons. The van der Waals surface area contributed by atoms with Crippen LogP contribution in [0, 0.1) is 25.4 Å². The van der Waals surface area contributed by atoms with E-state index in [0.29, 0.717) is 18.2 Å². The molecule has 1 aromatic rings. The molecule has 0 bridgehead atoms. The van der Waals surface area contributed by atoms with E-state index in [9.17, 15) is 14.5 Å². The van der Waals surface area contributed by atoms with Gasteiger partial charge >= 0.3 is 0 Å². The Morgan fingerprint density at radius 2 is 2.15 bits per heavy atom. The van der Waals surface area contributed by atoms with E-state index in [1.165, 1.54) is 12.1 Å². The third-order valence-electron chi connectivity index (χ3n) is 3.62. The van der Waals surface area contributed by atoms with Crippen molar-refractivity contribution in [3.8, 4) is 0 Å². The Morgan fingerprint density at radius 3 is 2.75 bits per heavy atom. The average molecular weight is 393 g/mol. The first-order chi connectivity index (χ1) is 9.49. The second-order valence-electron chi connectivity index (χ2n) is 5.09. The molecular formula is C13H17FIN3O2. The molecule has 0 unspecified atom stereocenters. The lowest BCUT2D eigenvalue weighted by atomic mass is 9.97. The molecule has 110 valence electrons. The molecule has 0 amide bonds. The van der Waals surface area contributed by atoms with Crippen LogP contribution >= 0.6 is 22.6 Å². The summed E-state index contributed by atoms with van der Waals surface area (Å²) in [6.45, 7) is 2.66. The van der Waals surface area contributed by atoms with Crippen LogP contribution in [-0.4, -0.2) is 31.6 Å². The van der Waals surface area contributed by atoms with Gasteiger partial charge in [0.15, 0.2) is 0 Å². The van der Waals surface area contributed by atoms with Crippen molar-refractivity contribution >= 4 is 34.0 Å². The highest BCUT2D eigenvalue weighted by atomic mass is 127. The number of anilines is 1. The van der Waals surface area contributed by atoms with Crippen LogP contribution in [0.2, 0.25) is 0 Å². The van der Waals surface area contributed by atoms with Crippen LogP contribution in [0.5, 0.6) is 0 Å². The van der Waals surface area contributed by atoms with E-state index in [2.05, 4.69) is 5.32 Å². The number of nitrogens with zero attached hydrogens (tertiary/aromatic N) is 2. The van der Waals surface area contributed by atoms with Crippen LogP contribution in [0.1, 0.15) is 12.8 Å².